The average Bonchev–Trinajstić information content (AvgIpc) is 3.25. The minimum atomic E-state index is -0.874. The molecule has 0 saturated heterocycles. The summed E-state index contributed by atoms with van der Waals surface area (Å²) in [6, 6.07) is 3.03. The highest BCUT2D eigenvalue weighted by atomic mass is 35.5. The van der Waals surface area contributed by atoms with Crippen LogP contribution in [-0.4, -0.2) is 30.6 Å². The molecule has 0 bridgehead atoms. The highest BCUT2D eigenvalue weighted by molar-refractivity contribution is 6.43. The fourth-order valence-electron chi connectivity index (χ4n) is 1.58. The van der Waals surface area contributed by atoms with Crippen molar-refractivity contribution < 1.29 is 19.1 Å². The molecule has 1 aromatic carbocycles. The molecule has 0 heterocycles. The number of carbonyl (C=O) groups is 2. The summed E-state index contributed by atoms with van der Waals surface area (Å²) in [5.41, 5.74) is 0. The van der Waals surface area contributed by atoms with Crippen LogP contribution in [0.25, 0.3) is 0 Å². The fourth-order valence-corrected chi connectivity index (χ4v) is 2.17. The molecule has 5 nitrogen and oxygen atoms in total. The zero-order valence-corrected chi connectivity index (χ0v) is 14.0. The molecule has 1 amide bonds. The Morgan fingerprint density at radius 1 is 1.23 bits per heavy atom. The van der Waals surface area contributed by atoms with Gasteiger partial charge < -0.3 is 14.8 Å². The van der Waals surface area contributed by atoms with E-state index in [1.165, 1.54) is 19.1 Å². The summed E-state index contributed by atoms with van der Waals surface area (Å²) in [4.78, 5) is 23.3. The minimum absolute atomic E-state index is 0.208. The van der Waals surface area contributed by atoms with Crippen LogP contribution in [-0.2, 0) is 14.3 Å². The molecule has 1 fully saturated rings. The maximum atomic E-state index is 11.7. The third-order valence-corrected chi connectivity index (χ3v) is 3.94. The highest BCUT2D eigenvalue weighted by Gasteiger charge is 2.27. The second kappa shape index (κ2) is 7.40. The van der Waals surface area contributed by atoms with Gasteiger partial charge in [0.1, 0.15) is 5.75 Å². The van der Waals surface area contributed by atoms with E-state index in [1.54, 1.807) is 0 Å². The van der Waals surface area contributed by atoms with Gasteiger partial charge in [-0.25, -0.2) is 4.79 Å². The van der Waals surface area contributed by atoms with Gasteiger partial charge in [0.15, 0.2) is 12.7 Å². The number of hydrogen-bond donors (Lipinski definition) is 1. The number of hydrogen-bond acceptors (Lipinski definition) is 4. The molecule has 1 aromatic rings. The van der Waals surface area contributed by atoms with Crippen molar-refractivity contribution in [1.29, 1.82) is 0 Å². The van der Waals surface area contributed by atoms with Gasteiger partial charge in [-0.2, -0.15) is 0 Å². The van der Waals surface area contributed by atoms with E-state index in [0.29, 0.717) is 0 Å². The van der Waals surface area contributed by atoms with Crippen molar-refractivity contribution in [3.63, 3.8) is 0 Å². The molecule has 2 rings (SSSR count). The third-order valence-electron chi connectivity index (χ3n) is 2.92. The summed E-state index contributed by atoms with van der Waals surface area (Å²) >= 11 is 17.6. The maximum Gasteiger partial charge on any atom is 0.344 e. The molecule has 1 aliphatic carbocycles. The summed E-state index contributed by atoms with van der Waals surface area (Å²) in [7, 11) is 0. The van der Waals surface area contributed by atoms with Crippen molar-refractivity contribution in [3.05, 3.63) is 27.2 Å². The van der Waals surface area contributed by atoms with E-state index in [-0.39, 0.29) is 32.8 Å². The lowest BCUT2D eigenvalue weighted by Gasteiger charge is -2.14. The number of esters is 1. The molecule has 8 heteroatoms. The first-order valence-electron chi connectivity index (χ1n) is 6.64. The Morgan fingerprint density at radius 2 is 1.86 bits per heavy atom. The van der Waals surface area contributed by atoms with Gasteiger partial charge in [-0.05, 0) is 25.8 Å². The minimum Gasteiger partial charge on any atom is -0.480 e. The Balaban J connectivity index is 1.82. The number of nitrogens with one attached hydrogen (secondary N) is 1. The quantitative estimate of drug-likeness (QED) is 0.620. The maximum absolute atomic E-state index is 11.7. The molecule has 1 atom stereocenters. The Morgan fingerprint density at radius 3 is 2.50 bits per heavy atom. The van der Waals surface area contributed by atoms with Crippen molar-refractivity contribution in [1.82, 2.24) is 5.32 Å². The smallest absolute Gasteiger partial charge is 0.344 e. The Hall–Kier alpha value is -1.17. The van der Waals surface area contributed by atoms with E-state index in [0.717, 1.165) is 12.8 Å². The predicted molar refractivity (Wildman–Crippen MR) is 83.7 cm³/mol. The van der Waals surface area contributed by atoms with Crippen LogP contribution in [0, 0.1) is 0 Å². The molecule has 0 spiro atoms. The topological polar surface area (TPSA) is 64.6 Å². The first-order valence-corrected chi connectivity index (χ1v) is 7.77. The van der Waals surface area contributed by atoms with Gasteiger partial charge in [-0.15, -0.1) is 0 Å². The molecule has 120 valence electrons. The summed E-state index contributed by atoms with van der Waals surface area (Å²) in [6.45, 7) is 1.11. The van der Waals surface area contributed by atoms with Crippen LogP contribution >= 0.6 is 34.8 Å². The number of benzene rings is 1. The lowest BCUT2D eigenvalue weighted by atomic mass is 10.3. The molecule has 1 N–H and O–H groups in total. The highest BCUT2D eigenvalue weighted by Crippen LogP contribution is 2.33. The van der Waals surface area contributed by atoms with E-state index in [9.17, 15) is 9.59 Å². The van der Waals surface area contributed by atoms with Crippen molar-refractivity contribution in [3.8, 4) is 5.75 Å². The largest absolute Gasteiger partial charge is 0.480 e. The summed E-state index contributed by atoms with van der Waals surface area (Å²) in [6.07, 6.45) is 1.05. The van der Waals surface area contributed by atoms with Gasteiger partial charge in [0, 0.05) is 12.1 Å². The zero-order valence-electron chi connectivity index (χ0n) is 11.7. The molecule has 1 aliphatic rings. The summed E-state index contributed by atoms with van der Waals surface area (Å²) in [5.74, 6) is -0.785. The van der Waals surface area contributed by atoms with Gasteiger partial charge in [-0.3, -0.25) is 4.79 Å². The number of rotatable bonds is 6. The van der Waals surface area contributed by atoms with Gasteiger partial charge in [0.05, 0.1) is 15.1 Å². The molecule has 0 radical (unpaired) electrons. The van der Waals surface area contributed by atoms with Gasteiger partial charge in [-0.1, -0.05) is 34.8 Å². The lowest BCUT2D eigenvalue weighted by molar-refractivity contribution is -0.156. The normalized spacial score (nSPS) is 15.1. The number of amides is 1. The molecular formula is C14H14Cl3NO4. The van der Waals surface area contributed by atoms with Crippen molar-refractivity contribution in [2.24, 2.45) is 0 Å². The fraction of sp³-hybridized carbons (Fsp3) is 0.429. The van der Waals surface area contributed by atoms with Gasteiger partial charge >= 0.3 is 5.97 Å². The zero-order chi connectivity index (χ0) is 16.3. The lowest BCUT2D eigenvalue weighted by Crippen LogP contribution is -2.37. The third kappa shape index (κ3) is 4.93. The summed E-state index contributed by atoms with van der Waals surface area (Å²) < 4.78 is 10.2. The van der Waals surface area contributed by atoms with E-state index < -0.39 is 18.7 Å². The van der Waals surface area contributed by atoms with Crippen LogP contribution in [0.2, 0.25) is 15.1 Å². The first kappa shape index (κ1) is 17.2. The Labute approximate surface area is 142 Å². The van der Waals surface area contributed by atoms with Gasteiger partial charge in [0.2, 0.25) is 0 Å². The first-order chi connectivity index (χ1) is 10.4. The Kier molecular flexibility index (Phi) is 5.78. The van der Waals surface area contributed by atoms with E-state index in [4.69, 9.17) is 44.3 Å². The Bertz CT molecular complexity index is 590. The number of carbonyl (C=O) groups excluding carboxylic acids is 2. The summed E-state index contributed by atoms with van der Waals surface area (Å²) in [5, 5.41) is 3.51. The predicted octanol–water partition coefficient (Wildman–Crippen LogP) is 3.24. The van der Waals surface area contributed by atoms with Crippen LogP contribution in [0.4, 0.5) is 0 Å². The average molecular weight is 367 g/mol. The van der Waals surface area contributed by atoms with Crippen molar-refractivity contribution >= 4 is 46.7 Å². The molecule has 1 saturated carbocycles. The van der Waals surface area contributed by atoms with Crippen LogP contribution in [0.3, 0.4) is 0 Å². The van der Waals surface area contributed by atoms with Gasteiger partial charge in [0.25, 0.3) is 5.91 Å². The van der Waals surface area contributed by atoms with E-state index >= 15 is 0 Å². The molecular weight excluding hydrogens is 353 g/mol. The van der Waals surface area contributed by atoms with E-state index in [2.05, 4.69) is 5.32 Å². The molecule has 0 aromatic heterocycles. The molecule has 0 aliphatic heterocycles. The van der Waals surface area contributed by atoms with Crippen LogP contribution in [0.15, 0.2) is 12.1 Å². The molecule has 22 heavy (non-hydrogen) atoms. The number of ether oxygens (including phenoxy) is 2. The number of halogens is 3. The standard InChI is InChI=1S/C14H14Cl3NO4/c1-7(14(20)18-8-2-3-8)22-13(19)6-21-12-5-10(16)9(15)4-11(12)17/h4-5,7-8H,2-3,6H2,1H3,(H,18,20)/t7-/m0/s1. The monoisotopic (exact) mass is 365 g/mol. The van der Waals surface area contributed by atoms with Crippen molar-refractivity contribution in [2.45, 2.75) is 31.9 Å². The van der Waals surface area contributed by atoms with Crippen LogP contribution in [0.5, 0.6) is 5.75 Å². The second-order valence-corrected chi connectivity index (χ2v) is 6.12. The van der Waals surface area contributed by atoms with Crippen LogP contribution in [0.1, 0.15) is 19.8 Å². The molecule has 0 unspecified atom stereocenters. The van der Waals surface area contributed by atoms with Crippen molar-refractivity contribution in [2.75, 3.05) is 6.61 Å². The van der Waals surface area contributed by atoms with E-state index in [1.807, 2.05) is 0 Å². The second-order valence-electron chi connectivity index (χ2n) is 4.90. The SMILES string of the molecule is C[C@H](OC(=O)COc1cc(Cl)c(Cl)cc1Cl)C(=O)NC1CC1. The van der Waals surface area contributed by atoms with Crippen LogP contribution < -0.4 is 10.1 Å².